The largest absolute Gasteiger partial charge is 0.359 e. The molecule has 0 fully saturated rings. The summed E-state index contributed by atoms with van der Waals surface area (Å²) < 4.78 is 0. The first-order valence-corrected chi connectivity index (χ1v) is 6.54. The lowest BCUT2D eigenvalue weighted by Crippen LogP contribution is -2.38. The zero-order valence-corrected chi connectivity index (χ0v) is 12.2. The molecule has 19 heavy (non-hydrogen) atoms. The molecule has 104 valence electrons. The topological polar surface area (TPSA) is 49.4 Å². The average Bonchev–Trinajstić information content (AvgIpc) is 2.42. The summed E-state index contributed by atoms with van der Waals surface area (Å²) in [5.41, 5.74) is 0.590. The number of likely N-dealkylation sites (N-methyl/N-ethyl adjacent to an activating group) is 1. The number of benzene rings is 1. The second-order valence-electron chi connectivity index (χ2n) is 4.45. The lowest BCUT2D eigenvalue weighted by atomic mass is 10.0. The monoisotopic (exact) mass is 282 g/mol. The number of hydrogen-bond donors (Lipinski definition) is 1. The Bertz CT molecular complexity index is 463. The fraction of sp³-hybridized carbons (Fsp3) is 0.429. The third-order valence-corrected chi connectivity index (χ3v) is 3.36. The molecule has 0 aliphatic carbocycles. The minimum Gasteiger partial charge on any atom is -0.359 e. The van der Waals surface area contributed by atoms with E-state index in [1.807, 2.05) is 18.9 Å². The SMILES string of the molecule is CNC(=O)CCN(C)C(C)C(=O)c1cccc(Cl)c1. The van der Waals surface area contributed by atoms with Gasteiger partial charge in [0, 0.05) is 30.6 Å². The summed E-state index contributed by atoms with van der Waals surface area (Å²) in [6.07, 6.45) is 0.375. The van der Waals surface area contributed by atoms with Crippen molar-refractivity contribution in [1.29, 1.82) is 0 Å². The quantitative estimate of drug-likeness (QED) is 0.812. The van der Waals surface area contributed by atoms with E-state index in [0.717, 1.165) is 0 Å². The molecule has 5 heteroatoms. The Labute approximate surface area is 118 Å². The van der Waals surface area contributed by atoms with Crippen molar-refractivity contribution in [2.75, 3.05) is 20.6 Å². The van der Waals surface area contributed by atoms with Gasteiger partial charge in [0.2, 0.25) is 5.91 Å². The Morgan fingerprint density at radius 3 is 2.68 bits per heavy atom. The van der Waals surface area contributed by atoms with Crippen LogP contribution in [0.25, 0.3) is 0 Å². The van der Waals surface area contributed by atoms with Crippen LogP contribution >= 0.6 is 11.6 Å². The van der Waals surface area contributed by atoms with Gasteiger partial charge in [0.25, 0.3) is 0 Å². The van der Waals surface area contributed by atoms with Crippen molar-refractivity contribution in [3.05, 3.63) is 34.9 Å². The Kier molecular flexibility index (Phi) is 5.99. The minimum atomic E-state index is -0.289. The first-order chi connectivity index (χ1) is 8.95. The number of ketones is 1. The third kappa shape index (κ3) is 4.65. The van der Waals surface area contributed by atoms with E-state index in [-0.39, 0.29) is 17.7 Å². The molecular weight excluding hydrogens is 264 g/mol. The van der Waals surface area contributed by atoms with Gasteiger partial charge in [-0.3, -0.25) is 14.5 Å². The van der Waals surface area contributed by atoms with Crippen molar-refractivity contribution in [3.63, 3.8) is 0 Å². The van der Waals surface area contributed by atoms with Crippen LogP contribution in [0, 0.1) is 0 Å². The molecule has 0 saturated carbocycles. The molecule has 1 rings (SSSR count). The lowest BCUT2D eigenvalue weighted by Gasteiger charge is -2.23. The van der Waals surface area contributed by atoms with Crippen molar-refractivity contribution in [1.82, 2.24) is 10.2 Å². The summed E-state index contributed by atoms with van der Waals surface area (Å²) >= 11 is 5.88. The van der Waals surface area contributed by atoms with Crippen molar-refractivity contribution in [2.24, 2.45) is 0 Å². The van der Waals surface area contributed by atoms with Gasteiger partial charge in [-0.2, -0.15) is 0 Å². The average molecular weight is 283 g/mol. The molecule has 1 N–H and O–H groups in total. The van der Waals surface area contributed by atoms with Crippen LogP contribution in [0.15, 0.2) is 24.3 Å². The van der Waals surface area contributed by atoms with Crippen LogP contribution in [0.1, 0.15) is 23.7 Å². The van der Waals surface area contributed by atoms with Crippen LogP contribution in [0.3, 0.4) is 0 Å². The van der Waals surface area contributed by atoms with Gasteiger partial charge < -0.3 is 5.32 Å². The summed E-state index contributed by atoms with van der Waals surface area (Å²) in [5, 5.41) is 3.11. The Morgan fingerprint density at radius 2 is 2.11 bits per heavy atom. The molecule has 0 aliphatic heterocycles. The summed E-state index contributed by atoms with van der Waals surface area (Å²) in [5.74, 6) is -0.0313. The van der Waals surface area contributed by atoms with Gasteiger partial charge >= 0.3 is 0 Å². The second kappa shape index (κ2) is 7.26. The van der Waals surface area contributed by atoms with Crippen molar-refractivity contribution < 1.29 is 9.59 Å². The maximum atomic E-state index is 12.3. The van der Waals surface area contributed by atoms with E-state index >= 15 is 0 Å². The molecule has 4 nitrogen and oxygen atoms in total. The van der Waals surface area contributed by atoms with Gasteiger partial charge in [0.15, 0.2) is 5.78 Å². The van der Waals surface area contributed by atoms with Gasteiger partial charge in [-0.15, -0.1) is 0 Å². The number of nitrogens with zero attached hydrogens (tertiary/aromatic N) is 1. The fourth-order valence-corrected chi connectivity index (χ4v) is 1.87. The highest BCUT2D eigenvalue weighted by atomic mass is 35.5. The summed E-state index contributed by atoms with van der Waals surface area (Å²) in [6.45, 7) is 2.36. The Balaban J connectivity index is 2.63. The molecule has 0 aliphatic rings. The highest BCUT2D eigenvalue weighted by molar-refractivity contribution is 6.31. The van der Waals surface area contributed by atoms with E-state index in [2.05, 4.69) is 5.32 Å². The van der Waals surface area contributed by atoms with Crippen molar-refractivity contribution in [2.45, 2.75) is 19.4 Å². The minimum absolute atomic E-state index is 0.00177. The lowest BCUT2D eigenvalue weighted by molar-refractivity contribution is -0.120. The molecular formula is C14H19ClN2O2. The van der Waals surface area contributed by atoms with E-state index in [0.29, 0.717) is 23.6 Å². The predicted octanol–water partition coefficient (Wildman–Crippen LogP) is 1.98. The van der Waals surface area contributed by atoms with Gasteiger partial charge in [-0.25, -0.2) is 0 Å². The summed E-state index contributed by atoms with van der Waals surface area (Å²) in [7, 11) is 3.43. The van der Waals surface area contributed by atoms with Crippen LogP contribution < -0.4 is 5.32 Å². The standard InChI is InChI=1S/C14H19ClN2O2/c1-10(17(3)8-7-13(18)16-2)14(19)11-5-4-6-12(15)9-11/h4-6,9-10H,7-8H2,1-3H3,(H,16,18). The number of carbonyl (C=O) groups excluding carboxylic acids is 2. The molecule has 0 bridgehead atoms. The predicted molar refractivity (Wildman–Crippen MR) is 76.6 cm³/mol. The number of Topliss-reactive ketones (excluding diaryl/α,β-unsaturated/α-hetero) is 1. The number of rotatable bonds is 6. The zero-order chi connectivity index (χ0) is 14.4. The van der Waals surface area contributed by atoms with E-state index in [1.54, 1.807) is 31.3 Å². The maximum absolute atomic E-state index is 12.3. The molecule has 0 spiro atoms. The van der Waals surface area contributed by atoms with E-state index < -0.39 is 0 Å². The molecule has 0 radical (unpaired) electrons. The molecule has 1 unspecified atom stereocenters. The summed E-state index contributed by atoms with van der Waals surface area (Å²) in [4.78, 5) is 25.3. The van der Waals surface area contributed by atoms with Crippen molar-refractivity contribution >= 4 is 23.3 Å². The number of nitrogens with one attached hydrogen (secondary N) is 1. The zero-order valence-electron chi connectivity index (χ0n) is 11.4. The fourth-order valence-electron chi connectivity index (χ4n) is 1.68. The molecule has 0 aromatic heterocycles. The van der Waals surface area contributed by atoms with E-state index in [4.69, 9.17) is 11.6 Å². The number of halogens is 1. The van der Waals surface area contributed by atoms with Gasteiger partial charge in [0.05, 0.1) is 6.04 Å². The highest BCUT2D eigenvalue weighted by Crippen LogP contribution is 2.14. The molecule has 1 aromatic carbocycles. The second-order valence-corrected chi connectivity index (χ2v) is 4.89. The van der Waals surface area contributed by atoms with E-state index in [9.17, 15) is 9.59 Å². The first-order valence-electron chi connectivity index (χ1n) is 6.16. The molecule has 0 heterocycles. The third-order valence-electron chi connectivity index (χ3n) is 3.12. The smallest absolute Gasteiger partial charge is 0.221 e. The maximum Gasteiger partial charge on any atom is 0.221 e. The molecule has 1 atom stereocenters. The highest BCUT2D eigenvalue weighted by Gasteiger charge is 2.20. The van der Waals surface area contributed by atoms with Crippen LogP contribution in [-0.2, 0) is 4.79 Å². The number of carbonyl (C=O) groups is 2. The Morgan fingerprint density at radius 1 is 1.42 bits per heavy atom. The normalized spacial score (nSPS) is 12.3. The number of hydrogen-bond acceptors (Lipinski definition) is 3. The summed E-state index contributed by atoms with van der Waals surface area (Å²) in [6, 6.07) is 6.61. The van der Waals surface area contributed by atoms with E-state index in [1.165, 1.54) is 0 Å². The number of amides is 1. The van der Waals surface area contributed by atoms with Crippen molar-refractivity contribution in [3.8, 4) is 0 Å². The molecule has 0 saturated heterocycles. The van der Waals surface area contributed by atoms with Gasteiger partial charge in [0.1, 0.15) is 0 Å². The van der Waals surface area contributed by atoms with Gasteiger partial charge in [-0.05, 0) is 26.1 Å². The Hall–Kier alpha value is -1.39. The van der Waals surface area contributed by atoms with Crippen LogP contribution in [0.5, 0.6) is 0 Å². The van der Waals surface area contributed by atoms with Gasteiger partial charge in [-0.1, -0.05) is 23.7 Å². The molecule has 1 amide bonds. The van der Waals surface area contributed by atoms with Crippen LogP contribution in [0.4, 0.5) is 0 Å². The van der Waals surface area contributed by atoms with Crippen LogP contribution in [0.2, 0.25) is 5.02 Å². The molecule has 1 aromatic rings. The van der Waals surface area contributed by atoms with Crippen LogP contribution in [-0.4, -0.2) is 43.3 Å². The first kappa shape index (κ1) is 15.7.